The Morgan fingerprint density at radius 2 is 2.38 bits per heavy atom. The van der Waals surface area contributed by atoms with Gasteiger partial charge in [0.1, 0.15) is 12.2 Å². The average Bonchev–Trinajstić information content (AvgIpc) is 2.45. The zero-order valence-corrected chi connectivity index (χ0v) is 5.07. The summed E-state index contributed by atoms with van der Waals surface area (Å²) in [6, 6.07) is 0. The number of carbonyl (C=O) groups excluding carboxylic acids is 1. The summed E-state index contributed by atoms with van der Waals surface area (Å²) in [7, 11) is 0. The highest BCUT2D eigenvalue weighted by atomic mass is 32.2. The highest BCUT2D eigenvalue weighted by Crippen LogP contribution is 2.28. The van der Waals surface area contributed by atoms with E-state index in [0.717, 1.165) is 12.8 Å². The first-order valence-corrected chi connectivity index (χ1v) is 3.22. The summed E-state index contributed by atoms with van der Waals surface area (Å²) in [6.07, 6.45) is 1.96. The van der Waals surface area contributed by atoms with Gasteiger partial charge in [-0.2, -0.15) is 0 Å². The van der Waals surface area contributed by atoms with Crippen LogP contribution in [0.25, 0.3) is 0 Å². The molecule has 0 aromatic heterocycles. The van der Waals surface area contributed by atoms with Crippen molar-refractivity contribution in [3.8, 4) is 0 Å². The van der Waals surface area contributed by atoms with Crippen molar-refractivity contribution in [3.63, 3.8) is 0 Å². The summed E-state index contributed by atoms with van der Waals surface area (Å²) in [5.41, 5.74) is 0. The fourth-order valence-corrected chi connectivity index (χ4v) is 0.730. The third-order valence-electron chi connectivity index (χ3n) is 1.09. The molecule has 1 fully saturated rings. The summed E-state index contributed by atoms with van der Waals surface area (Å²) in [6.45, 7) is 0. The van der Waals surface area contributed by atoms with Gasteiger partial charge < -0.3 is 4.55 Å². The summed E-state index contributed by atoms with van der Waals surface area (Å²) < 4.78 is 10.3. The normalized spacial score (nSPS) is 18.1. The molecule has 4 heteroatoms. The van der Waals surface area contributed by atoms with Crippen molar-refractivity contribution in [2.24, 2.45) is 5.92 Å². The van der Waals surface area contributed by atoms with Gasteiger partial charge >= 0.3 is 0 Å². The van der Waals surface area contributed by atoms with Gasteiger partial charge in [0, 0.05) is 5.92 Å². The average molecular weight is 133 g/mol. The van der Waals surface area contributed by atoms with Crippen molar-refractivity contribution in [1.82, 2.24) is 4.72 Å². The number of hydrogen-bond donors (Lipinski definition) is 2. The minimum atomic E-state index is -0.0440. The van der Waals surface area contributed by atoms with Crippen LogP contribution < -0.4 is 4.72 Å². The SMILES string of the molecule is O=C(NSO)C1CC1. The van der Waals surface area contributed by atoms with Crippen LogP contribution in [0.3, 0.4) is 0 Å². The van der Waals surface area contributed by atoms with Crippen LogP contribution in [0.5, 0.6) is 0 Å². The molecule has 0 bridgehead atoms. The van der Waals surface area contributed by atoms with Crippen LogP contribution in [0, 0.1) is 5.92 Å². The molecule has 0 spiro atoms. The predicted molar refractivity (Wildman–Crippen MR) is 31.1 cm³/mol. The molecule has 1 amide bonds. The minimum Gasteiger partial charge on any atom is -0.312 e. The van der Waals surface area contributed by atoms with Crippen LogP contribution in [0.1, 0.15) is 12.8 Å². The number of amides is 1. The Labute approximate surface area is 51.8 Å². The fraction of sp³-hybridized carbons (Fsp3) is 0.750. The molecule has 0 radical (unpaired) electrons. The molecule has 1 rings (SSSR count). The van der Waals surface area contributed by atoms with Gasteiger partial charge in [0.05, 0.1) is 0 Å². The Morgan fingerprint density at radius 3 is 2.75 bits per heavy atom. The van der Waals surface area contributed by atoms with Crippen LogP contribution in [-0.2, 0) is 4.79 Å². The molecule has 0 atom stereocenters. The molecule has 2 N–H and O–H groups in total. The molecule has 46 valence electrons. The highest BCUT2D eigenvalue weighted by molar-refractivity contribution is 7.92. The number of carbonyl (C=O) groups is 1. The van der Waals surface area contributed by atoms with Crippen molar-refractivity contribution in [2.75, 3.05) is 0 Å². The highest BCUT2D eigenvalue weighted by Gasteiger charge is 2.29. The standard InChI is InChI=1S/C4H7NO2S/c6-4(5-8-7)3-1-2-3/h3,7H,1-2H2,(H,5,6). The molecule has 0 heterocycles. The fourth-order valence-electron chi connectivity index (χ4n) is 0.474. The molecule has 3 nitrogen and oxygen atoms in total. The van der Waals surface area contributed by atoms with Gasteiger partial charge in [-0.05, 0) is 12.8 Å². The van der Waals surface area contributed by atoms with Crippen LogP contribution in [0.4, 0.5) is 0 Å². The van der Waals surface area contributed by atoms with Gasteiger partial charge in [-0.1, -0.05) is 0 Å². The van der Waals surface area contributed by atoms with Crippen molar-refractivity contribution >= 4 is 18.1 Å². The molecule has 0 aromatic rings. The van der Waals surface area contributed by atoms with E-state index < -0.39 is 0 Å². The Morgan fingerprint density at radius 1 is 1.75 bits per heavy atom. The molecule has 1 aliphatic rings. The zero-order chi connectivity index (χ0) is 5.98. The summed E-state index contributed by atoms with van der Waals surface area (Å²) in [5.74, 6) is 0.146. The summed E-state index contributed by atoms with van der Waals surface area (Å²) in [5, 5.41) is 0. The van der Waals surface area contributed by atoms with E-state index in [2.05, 4.69) is 4.72 Å². The Kier molecular flexibility index (Phi) is 1.75. The minimum absolute atomic E-state index is 0.0440. The Bertz CT molecular complexity index is 102. The van der Waals surface area contributed by atoms with Crippen molar-refractivity contribution in [2.45, 2.75) is 12.8 Å². The number of nitrogens with one attached hydrogen (secondary N) is 1. The zero-order valence-electron chi connectivity index (χ0n) is 4.26. The van der Waals surface area contributed by atoms with Crippen LogP contribution >= 0.6 is 12.2 Å². The second kappa shape index (κ2) is 2.37. The second-order valence-corrected chi connectivity index (χ2v) is 2.22. The lowest BCUT2D eigenvalue weighted by atomic mass is 10.4. The molecular weight excluding hydrogens is 126 g/mol. The monoisotopic (exact) mass is 133 g/mol. The Hall–Kier alpha value is -0.220. The predicted octanol–water partition coefficient (Wildman–Crippen LogP) is 0.634. The molecule has 1 saturated carbocycles. The van der Waals surface area contributed by atoms with Gasteiger partial charge in [-0.3, -0.25) is 9.52 Å². The van der Waals surface area contributed by atoms with E-state index in [1.54, 1.807) is 0 Å². The molecule has 1 aliphatic carbocycles. The maximum absolute atomic E-state index is 10.5. The molecule has 0 aromatic carbocycles. The van der Waals surface area contributed by atoms with E-state index in [1.165, 1.54) is 0 Å². The Balaban J connectivity index is 2.13. The first-order chi connectivity index (χ1) is 3.84. The molecule has 0 aliphatic heterocycles. The first kappa shape index (κ1) is 5.91. The molecule has 8 heavy (non-hydrogen) atoms. The smallest absolute Gasteiger partial charge is 0.234 e. The second-order valence-electron chi connectivity index (χ2n) is 1.83. The third-order valence-corrected chi connectivity index (χ3v) is 1.39. The third kappa shape index (κ3) is 1.38. The van der Waals surface area contributed by atoms with Gasteiger partial charge in [-0.25, -0.2) is 0 Å². The number of hydrogen-bond acceptors (Lipinski definition) is 3. The van der Waals surface area contributed by atoms with Crippen LogP contribution in [-0.4, -0.2) is 10.5 Å². The number of rotatable bonds is 2. The van der Waals surface area contributed by atoms with Crippen LogP contribution in [0.15, 0.2) is 0 Å². The maximum Gasteiger partial charge on any atom is 0.234 e. The van der Waals surface area contributed by atoms with E-state index in [4.69, 9.17) is 4.55 Å². The van der Waals surface area contributed by atoms with E-state index >= 15 is 0 Å². The van der Waals surface area contributed by atoms with Crippen molar-refractivity contribution < 1.29 is 9.35 Å². The quantitative estimate of drug-likeness (QED) is 0.429. The van der Waals surface area contributed by atoms with Gasteiger partial charge in [0.25, 0.3) is 0 Å². The van der Waals surface area contributed by atoms with E-state index in [9.17, 15) is 4.79 Å². The largest absolute Gasteiger partial charge is 0.312 e. The summed E-state index contributed by atoms with van der Waals surface area (Å²) in [4.78, 5) is 10.5. The lowest BCUT2D eigenvalue weighted by molar-refractivity contribution is -0.120. The van der Waals surface area contributed by atoms with Crippen molar-refractivity contribution in [3.05, 3.63) is 0 Å². The lowest BCUT2D eigenvalue weighted by Gasteiger charge is -1.92. The van der Waals surface area contributed by atoms with Crippen LogP contribution in [0.2, 0.25) is 0 Å². The van der Waals surface area contributed by atoms with E-state index in [0.29, 0.717) is 12.2 Å². The van der Waals surface area contributed by atoms with Gasteiger partial charge in [0.2, 0.25) is 5.91 Å². The lowest BCUT2D eigenvalue weighted by Crippen LogP contribution is -2.16. The molecular formula is C4H7NO2S. The molecule has 0 unspecified atom stereocenters. The van der Waals surface area contributed by atoms with Gasteiger partial charge in [0.15, 0.2) is 0 Å². The van der Waals surface area contributed by atoms with E-state index in [-0.39, 0.29) is 11.8 Å². The first-order valence-electron chi connectivity index (χ1n) is 2.45. The maximum atomic E-state index is 10.5. The van der Waals surface area contributed by atoms with E-state index in [1.807, 2.05) is 0 Å². The summed E-state index contributed by atoms with van der Waals surface area (Å²) >= 11 is 0.379. The topological polar surface area (TPSA) is 49.3 Å². The molecule has 0 saturated heterocycles. The van der Waals surface area contributed by atoms with Crippen molar-refractivity contribution in [1.29, 1.82) is 0 Å². The van der Waals surface area contributed by atoms with Gasteiger partial charge in [-0.15, -0.1) is 0 Å².